The van der Waals surface area contributed by atoms with Gasteiger partial charge in [0.15, 0.2) is 0 Å². The molecule has 0 saturated carbocycles. The quantitative estimate of drug-likeness (QED) is 0.514. The smallest absolute Gasteiger partial charge is 0.255 e. The summed E-state index contributed by atoms with van der Waals surface area (Å²) >= 11 is 0. The average molecular weight is 396 g/mol. The molecular weight excluding hydrogens is 372 g/mol. The van der Waals surface area contributed by atoms with Crippen molar-refractivity contribution in [2.45, 2.75) is 26.8 Å². The van der Waals surface area contributed by atoms with Gasteiger partial charge in [-0.15, -0.1) is 0 Å². The zero-order valence-electron chi connectivity index (χ0n) is 17.3. The Kier molecular flexibility index (Phi) is 5.44. The van der Waals surface area contributed by atoms with Gasteiger partial charge >= 0.3 is 0 Å². The molecule has 0 saturated heterocycles. The fraction of sp³-hybridized carbons (Fsp3) is 0.160. The first-order valence-corrected chi connectivity index (χ1v) is 9.97. The Morgan fingerprint density at radius 3 is 2.43 bits per heavy atom. The van der Waals surface area contributed by atoms with Crippen LogP contribution in [0, 0.1) is 13.8 Å². The molecule has 30 heavy (non-hydrogen) atoms. The van der Waals surface area contributed by atoms with Gasteiger partial charge in [0.05, 0.1) is 23.0 Å². The standard InChI is InChI=1S/C25H24N4O/c1-17-12-13-20(15-18(17)2)24-22(16-29(28-24)21-9-5-4-6-10-21)25(30)27-19(3)23-11-7-8-14-26-23/h4-16,19H,1-3H3,(H,27,30). The maximum absolute atomic E-state index is 13.2. The zero-order chi connectivity index (χ0) is 21.1. The Bertz CT molecular complexity index is 1170. The molecule has 0 fully saturated rings. The summed E-state index contributed by atoms with van der Waals surface area (Å²) in [4.78, 5) is 17.6. The van der Waals surface area contributed by atoms with Crippen molar-refractivity contribution >= 4 is 5.91 Å². The number of rotatable bonds is 5. The maximum atomic E-state index is 13.2. The fourth-order valence-electron chi connectivity index (χ4n) is 3.34. The van der Waals surface area contributed by atoms with Crippen LogP contribution in [0.25, 0.3) is 16.9 Å². The van der Waals surface area contributed by atoms with E-state index in [1.807, 2.05) is 61.5 Å². The number of nitrogens with zero attached hydrogens (tertiary/aromatic N) is 3. The molecule has 150 valence electrons. The molecule has 0 radical (unpaired) electrons. The molecular formula is C25H24N4O. The van der Waals surface area contributed by atoms with Crippen molar-refractivity contribution in [1.82, 2.24) is 20.1 Å². The van der Waals surface area contributed by atoms with Crippen molar-refractivity contribution in [3.05, 3.63) is 102 Å². The first-order chi connectivity index (χ1) is 14.5. The molecule has 0 bridgehead atoms. The maximum Gasteiger partial charge on any atom is 0.255 e. The number of pyridine rings is 1. The molecule has 2 aromatic heterocycles. The van der Waals surface area contributed by atoms with E-state index in [-0.39, 0.29) is 11.9 Å². The van der Waals surface area contributed by atoms with Crippen LogP contribution in [0.4, 0.5) is 0 Å². The van der Waals surface area contributed by atoms with Gasteiger partial charge in [0, 0.05) is 18.0 Å². The molecule has 0 aliphatic carbocycles. The summed E-state index contributed by atoms with van der Waals surface area (Å²) < 4.78 is 1.75. The van der Waals surface area contributed by atoms with Gasteiger partial charge in [-0.3, -0.25) is 9.78 Å². The molecule has 4 rings (SSSR count). The number of hydrogen-bond acceptors (Lipinski definition) is 3. The van der Waals surface area contributed by atoms with E-state index in [1.54, 1.807) is 17.1 Å². The van der Waals surface area contributed by atoms with Gasteiger partial charge in [0.25, 0.3) is 5.91 Å². The van der Waals surface area contributed by atoms with E-state index >= 15 is 0 Å². The van der Waals surface area contributed by atoms with Gasteiger partial charge in [-0.25, -0.2) is 4.68 Å². The van der Waals surface area contributed by atoms with Gasteiger partial charge in [-0.2, -0.15) is 5.10 Å². The highest BCUT2D eigenvalue weighted by molar-refractivity contribution is 6.00. The number of para-hydroxylation sites is 1. The van der Waals surface area contributed by atoms with Crippen molar-refractivity contribution < 1.29 is 4.79 Å². The van der Waals surface area contributed by atoms with E-state index in [4.69, 9.17) is 5.10 Å². The van der Waals surface area contributed by atoms with Crippen LogP contribution in [0.3, 0.4) is 0 Å². The van der Waals surface area contributed by atoms with E-state index in [0.717, 1.165) is 22.5 Å². The third kappa shape index (κ3) is 4.01. The third-order valence-electron chi connectivity index (χ3n) is 5.24. The summed E-state index contributed by atoms with van der Waals surface area (Å²) in [5, 5.41) is 7.82. The highest BCUT2D eigenvalue weighted by atomic mass is 16.1. The second-order valence-corrected chi connectivity index (χ2v) is 7.42. The minimum atomic E-state index is -0.216. The van der Waals surface area contributed by atoms with Gasteiger partial charge < -0.3 is 5.32 Å². The summed E-state index contributed by atoms with van der Waals surface area (Å²) in [6.45, 7) is 6.07. The van der Waals surface area contributed by atoms with Crippen LogP contribution in [-0.4, -0.2) is 20.7 Å². The Balaban J connectivity index is 1.74. The summed E-state index contributed by atoms with van der Waals surface area (Å²) in [5.41, 5.74) is 6.19. The van der Waals surface area contributed by atoms with Crippen LogP contribution in [0.2, 0.25) is 0 Å². The lowest BCUT2D eigenvalue weighted by Gasteiger charge is -2.13. The monoisotopic (exact) mass is 396 g/mol. The molecule has 0 aliphatic heterocycles. The number of carbonyl (C=O) groups excluding carboxylic acids is 1. The van der Waals surface area contributed by atoms with Crippen LogP contribution < -0.4 is 5.32 Å². The van der Waals surface area contributed by atoms with Crippen LogP contribution in [0.5, 0.6) is 0 Å². The molecule has 1 N–H and O–H groups in total. The molecule has 1 unspecified atom stereocenters. The molecule has 0 aliphatic rings. The first-order valence-electron chi connectivity index (χ1n) is 9.97. The van der Waals surface area contributed by atoms with Gasteiger partial charge in [0.1, 0.15) is 5.69 Å². The molecule has 2 heterocycles. The van der Waals surface area contributed by atoms with Crippen LogP contribution in [-0.2, 0) is 0 Å². The lowest BCUT2D eigenvalue weighted by Crippen LogP contribution is -2.27. The molecule has 4 aromatic rings. The molecule has 5 heteroatoms. The molecule has 5 nitrogen and oxygen atoms in total. The number of aromatic nitrogens is 3. The number of amides is 1. The predicted molar refractivity (Wildman–Crippen MR) is 119 cm³/mol. The zero-order valence-corrected chi connectivity index (χ0v) is 17.3. The minimum absolute atomic E-state index is 0.177. The topological polar surface area (TPSA) is 59.8 Å². The Labute approximate surface area is 176 Å². The van der Waals surface area contributed by atoms with Gasteiger partial charge in [-0.1, -0.05) is 36.4 Å². The van der Waals surface area contributed by atoms with E-state index in [9.17, 15) is 4.79 Å². The number of aryl methyl sites for hydroxylation is 2. The fourth-order valence-corrected chi connectivity index (χ4v) is 3.34. The molecule has 1 amide bonds. The Hall–Kier alpha value is -3.73. The van der Waals surface area contributed by atoms with E-state index in [1.165, 1.54) is 5.56 Å². The highest BCUT2D eigenvalue weighted by Gasteiger charge is 2.21. The lowest BCUT2D eigenvalue weighted by atomic mass is 10.0. The highest BCUT2D eigenvalue weighted by Crippen LogP contribution is 2.26. The largest absolute Gasteiger partial charge is 0.344 e. The van der Waals surface area contributed by atoms with Crippen LogP contribution >= 0.6 is 0 Å². The Morgan fingerprint density at radius 2 is 1.73 bits per heavy atom. The van der Waals surface area contributed by atoms with Crippen molar-refractivity contribution in [1.29, 1.82) is 0 Å². The molecule has 1 atom stereocenters. The normalized spacial score (nSPS) is 11.8. The van der Waals surface area contributed by atoms with Crippen molar-refractivity contribution in [3.8, 4) is 16.9 Å². The van der Waals surface area contributed by atoms with E-state index in [2.05, 4.69) is 36.3 Å². The van der Waals surface area contributed by atoms with Crippen molar-refractivity contribution in [2.24, 2.45) is 0 Å². The van der Waals surface area contributed by atoms with Crippen molar-refractivity contribution in [3.63, 3.8) is 0 Å². The van der Waals surface area contributed by atoms with Crippen LogP contribution in [0.1, 0.15) is 40.1 Å². The number of hydrogen-bond donors (Lipinski definition) is 1. The Morgan fingerprint density at radius 1 is 0.967 bits per heavy atom. The van der Waals surface area contributed by atoms with Crippen LogP contribution in [0.15, 0.2) is 79.1 Å². The second kappa shape index (κ2) is 8.33. The van der Waals surface area contributed by atoms with Gasteiger partial charge in [0.2, 0.25) is 0 Å². The third-order valence-corrected chi connectivity index (χ3v) is 5.24. The summed E-state index contributed by atoms with van der Waals surface area (Å²) in [5.74, 6) is -0.177. The number of nitrogens with one attached hydrogen (secondary N) is 1. The summed E-state index contributed by atoms with van der Waals surface area (Å²) in [7, 11) is 0. The van der Waals surface area contributed by atoms with Crippen molar-refractivity contribution in [2.75, 3.05) is 0 Å². The number of benzene rings is 2. The first kappa shape index (κ1) is 19.6. The van der Waals surface area contributed by atoms with E-state index in [0.29, 0.717) is 11.3 Å². The molecule has 0 spiro atoms. The average Bonchev–Trinajstić information content (AvgIpc) is 3.22. The lowest BCUT2D eigenvalue weighted by molar-refractivity contribution is 0.0939. The predicted octanol–water partition coefficient (Wildman–Crippen LogP) is 5.04. The van der Waals surface area contributed by atoms with Gasteiger partial charge in [-0.05, 0) is 62.2 Å². The summed E-state index contributed by atoms with van der Waals surface area (Å²) in [6.07, 6.45) is 3.52. The van der Waals surface area contributed by atoms with E-state index < -0.39 is 0 Å². The second-order valence-electron chi connectivity index (χ2n) is 7.42. The molecule has 2 aromatic carbocycles. The number of carbonyl (C=O) groups is 1. The summed E-state index contributed by atoms with van der Waals surface area (Å²) in [6, 6.07) is 21.4. The minimum Gasteiger partial charge on any atom is -0.344 e. The SMILES string of the molecule is Cc1ccc(-c2nn(-c3ccccc3)cc2C(=O)NC(C)c2ccccn2)cc1C.